The molecule has 0 aromatic rings. The van der Waals surface area contributed by atoms with E-state index in [1.165, 1.54) is 0 Å². The van der Waals surface area contributed by atoms with Crippen molar-refractivity contribution in [3.8, 4) is 0 Å². The number of aliphatic hydroxyl groups is 2. The molecule has 0 saturated carbocycles. The fourth-order valence-corrected chi connectivity index (χ4v) is 1.74. The first-order valence-corrected chi connectivity index (χ1v) is 6.06. The number of hydrogen-bond donors (Lipinski definition) is 2. The van der Waals surface area contributed by atoms with E-state index in [0.29, 0.717) is 0 Å². The molecule has 1 fully saturated rings. The van der Waals surface area contributed by atoms with Crippen molar-refractivity contribution in [3.63, 3.8) is 0 Å². The molecule has 2 N–H and O–H groups in total. The molecule has 100 valence electrons. The van der Waals surface area contributed by atoms with Crippen molar-refractivity contribution < 1.29 is 43.7 Å². The van der Waals surface area contributed by atoms with Crippen molar-refractivity contribution in [1.82, 2.24) is 0 Å². The number of aliphatic carboxylic acids is 1. The molecule has 1 aliphatic heterocycles. The summed E-state index contributed by atoms with van der Waals surface area (Å²) in [5.41, 5.74) is 0. The Bertz CT molecular complexity index is 325. The van der Waals surface area contributed by atoms with Crippen molar-refractivity contribution in [3.05, 3.63) is 0 Å². The highest BCUT2D eigenvalue weighted by molar-refractivity contribution is 7.43. The zero-order valence-electron chi connectivity index (χ0n) is 8.42. The predicted molar refractivity (Wildman–Crippen MR) is 43.9 cm³/mol. The molecule has 10 heteroatoms. The van der Waals surface area contributed by atoms with Gasteiger partial charge in [-0.05, 0) is 0 Å². The zero-order chi connectivity index (χ0) is 13.2. The first-order chi connectivity index (χ1) is 7.70. The van der Waals surface area contributed by atoms with Gasteiger partial charge in [0.1, 0.15) is 12.2 Å². The van der Waals surface area contributed by atoms with Crippen LogP contribution in [0.15, 0.2) is 0 Å². The van der Waals surface area contributed by atoms with E-state index in [0.717, 1.165) is 0 Å². The maximum atomic E-state index is 10.5. The fraction of sp³-hybridized carbons (Fsp3) is 0.857. The molecule has 0 radical (unpaired) electrons. The number of carbonyl (C=O) groups is 1. The van der Waals surface area contributed by atoms with Crippen LogP contribution in [-0.4, -0.2) is 47.2 Å². The van der Waals surface area contributed by atoms with E-state index < -0.39 is 51.2 Å². The van der Waals surface area contributed by atoms with E-state index in [1.807, 2.05) is 0 Å². The Kier molecular flexibility index (Phi) is 4.62. The number of carboxylic acid groups (broad SMARTS) is 1. The first-order valence-electron chi connectivity index (χ1n) is 4.60. The van der Waals surface area contributed by atoms with Crippen LogP contribution in [0, 0.1) is 0 Å². The van der Waals surface area contributed by atoms with Crippen molar-refractivity contribution >= 4 is 13.8 Å². The van der Waals surface area contributed by atoms with Gasteiger partial charge in [0, 0.05) is 6.42 Å². The van der Waals surface area contributed by atoms with Crippen LogP contribution < -0.4 is 14.9 Å². The molecular weight excluding hydrogens is 259 g/mol. The van der Waals surface area contributed by atoms with Crippen LogP contribution in [0.5, 0.6) is 0 Å². The summed E-state index contributed by atoms with van der Waals surface area (Å²) in [7, 11) is -5.26. The monoisotopic (exact) mass is 269 g/mol. The van der Waals surface area contributed by atoms with Crippen LogP contribution in [0.3, 0.4) is 0 Å². The Balaban J connectivity index is 2.62. The molecule has 1 aliphatic rings. The molecule has 0 amide bonds. The predicted octanol–water partition coefficient (Wildman–Crippen LogP) is -4.54. The van der Waals surface area contributed by atoms with E-state index >= 15 is 0 Å². The minimum absolute atomic E-state index is 0.396. The number of ether oxygens (including phenoxy) is 1. The lowest BCUT2D eigenvalue weighted by Crippen LogP contribution is -2.54. The van der Waals surface area contributed by atoms with Crippen molar-refractivity contribution in [1.29, 1.82) is 0 Å². The summed E-state index contributed by atoms with van der Waals surface area (Å²) >= 11 is 0. The second-order valence-electron chi connectivity index (χ2n) is 3.52. The summed E-state index contributed by atoms with van der Waals surface area (Å²) in [4.78, 5) is 30.9. The van der Waals surface area contributed by atoms with Gasteiger partial charge < -0.3 is 43.7 Å². The van der Waals surface area contributed by atoms with Gasteiger partial charge in [-0.3, -0.25) is 0 Å². The molecule has 0 unspecified atom stereocenters. The van der Waals surface area contributed by atoms with Crippen LogP contribution in [0.4, 0.5) is 0 Å². The quantitative estimate of drug-likeness (QED) is 0.478. The van der Waals surface area contributed by atoms with Crippen molar-refractivity contribution in [2.24, 2.45) is 0 Å². The van der Waals surface area contributed by atoms with Gasteiger partial charge in [-0.1, -0.05) is 0 Å². The summed E-state index contributed by atoms with van der Waals surface area (Å²) < 4.78 is 18.8. The highest BCUT2D eigenvalue weighted by Crippen LogP contribution is 2.28. The van der Waals surface area contributed by atoms with Gasteiger partial charge in [0.05, 0.1) is 32.6 Å². The van der Waals surface area contributed by atoms with Gasteiger partial charge in [0.25, 0.3) is 0 Å². The van der Waals surface area contributed by atoms with E-state index in [4.69, 9.17) is 4.74 Å². The van der Waals surface area contributed by atoms with E-state index in [9.17, 15) is 34.5 Å². The van der Waals surface area contributed by atoms with Gasteiger partial charge in [0.15, 0.2) is 0 Å². The van der Waals surface area contributed by atoms with Crippen LogP contribution >= 0.6 is 7.82 Å². The van der Waals surface area contributed by atoms with Crippen LogP contribution in [-0.2, 0) is 18.6 Å². The van der Waals surface area contributed by atoms with Gasteiger partial charge in [0.2, 0.25) is 0 Å². The third kappa shape index (κ3) is 4.32. The van der Waals surface area contributed by atoms with Gasteiger partial charge in [-0.25, -0.2) is 0 Å². The molecule has 9 nitrogen and oxygen atoms in total. The number of rotatable bonds is 4. The van der Waals surface area contributed by atoms with Gasteiger partial charge >= 0.3 is 0 Å². The number of hydrogen-bond acceptors (Lipinski definition) is 9. The maximum absolute atomic E-state index is 10.5. The molecule has 0 aromatic carbocycles. The van der Waals surface area contributed by atoms with E-state index in [-0.39, 0.29) is 0 Å². The van der Waals surface area contributed by atoms with E-state index in [2.05, 4.69) is 4.52 Å². The highest BCUT2D eigenvalue weighted by atomic mass is 31.2. The average Bonchev–Trinajstić information content (AvgIpc) is 2.18. The molecule has 1 rings (SSSR count). The Morgan fingerprint density at radius 2 is 2.06 bits per heavy atom. The summed E-state index contributed by atoms with van der Waals surface area (Å²) in [5, 5.41) is 29.2. The van der Waals surface area contributed by atoms with Gasteiger partial charge in [-0.2, -0.15) is 0 Å². The minimum Gasteiger partial charge on any atom is -0.790 e. The zero-order valence-corrected chi connectivity index (χ0v) is 9.32. The van der Waals surface area contributed by atoms with Crippen molar-refractivity contribution in [2.75, 3.05) is 6.61 Å². The average molecular weight is 269 g/mol. The first kappa shape index (κ1) is 14.5. The van der Waals surface area contributed by atoms with Crippen LogP contribution in [0.2, 0.25) is 0 Å². The number of aliphatic hydroxyl groups excluding tert-OH is 2. The molecule has 0 bridgehead atoms. The Morgan fingerprint density at radius 3 is 2.53 bits per heavy atom. The summed E-state index contributed by atoms with van der Waals surface area (Å²) in [6.45, 7) is -0.869. The number of carbonyl (C=O) groups excluding carboxylic acids is 1. The topological polar surface area (TPSA) is 162 Å². The number of carboxylic acids is 1. The standard InChI is InChI=1S/C7H13O9P/c8-3-1-4(7(10)11)16-5(6(3)9)2-15-17(12,13)14/h3-6,8-9H,1-2H2,(H,10,11)(H2,12,13,14)/p-3/t3-,4+,5-,6+/m1/s1. The van der Waals surface area contributed by atoms with Crippen molar-refractivity contribution in [2.45, 2.75) is 30.8 Å². The fourth-order valence-electron chi connectivity index (χ4n) is 1.41. The summed E-state index contributed by atoms with van der Waals surface area (Å²) in [6.07, 6.45) is -6.31. The second-order valence-corrected chi connectivity index (χ2v) is 4.67. The molecule has 0 spiro atoms. The Morgan fingerprint density at radius 1 is 1.47 bits per heavy atom. The second kappa shape index (κ2) is 5.40. The van der Waals surface area contributed by atoms with Crippen LogP contribution in [0.1, 0.15) is 6.42 Å². The third-order valence-corrected chi connectivity index (χ3v) is 2.69. The summed E-state index contributed by atoms with van der Waals surface area (Å²) in [5.74, 6) is -1.62. The lowest BCUT2D eigenvalue weighted by molar-refractivity contribution is -0.345. The smallest absolute Gasteiger partial charge is 0.110 e. The molecular formula is C7H10O9P-3. The molecule has 0 aliphatic carbocycles. The lowest BCUT2D eigenvalue weighted by atomic mass is 9.98. The third-order valence-electron chi connectivity index (χ3n) is 2.23. The lowest BCUT2D eigenvalue weighted by Gasteiger charge is -2.39. The number of phosphoric acid groups is 1. The molecule has 0 aromatic heterocycles. The Hall–Kier alpha value is -0.540. The molecule has 1 heterocycles. The maximum Gasteiger partial charge on any atom is 0.110 e. The molecule has 1 saturated heterocycles. The largest absolute Gasteiger partial charge is 0.790 e. The highest BCUT2D eigenvalue weighted by Gasteiger charge is 2.37. The molecule has 17 heavy (non-hydrogen) atoms. The minimum atomic E-state index is -5.26. The van der Waals surface area contributed by atoms with Crippen LogP contribution in [0.25, 0.3) is 0 Å². The summed E-state index contributed by atoms with van der Waals surface area (Å²) in [6, 6.07) is 0. The van der Waals surface area contributed by atoms with Gasteiger partial charge in [-0.15, -0.1) is 0 Å². The normalized spacial score (nSPS) is 34.6. The van der Waals surface area contributed by atoms with E-state index in [1.54, 1.807) is 0 Å². The number of phosphoric ester groups is 1. The molecule has 4 atom stereocenters. The SMILES string of the molecule is O=C([O-])[C@@H]1C[C@@H](O)[C@H](O)[C@@H](COP(=O)([O-])[O-])O1. The Labute approximate surface area is 95.8 Å².